The first-order valence-corrected chi connectivity index (χ1v) is 8.09. The number of hydrogen-bond acceptors (Lipinski definition) is 6. The monoisotopic (exact) mass is 433 g/mol. The van der Waals surface area contributed by atoms with E-state index in [1.54, 1.807) is 0 Å². The Hall–Kier alpha value is -3.34. The van der Waals surface area contributed by atoms with Gasteiger partial charge in [-0.1, -0.05) is 11.6 Å². The van der Waals surface area contributed by atoms with Crippen LogP contribution >= 0.6 is 11.6 Å². The van der Waals surface area contributed by atoms with Crippen molar-refractivity contribution in [3.05, 3.63) is 62.7 Å². The molecule has 0 heterocycles. The fourth-order valence-corrected chi connectivity index (χ4v) is 2.32. The van der Waals surface area contributed by atoms with Crippen LogP contribution < -0.4 is 4.74 Å². The van der Waals surface area contributed by atoms with Crippen molar-refractivity contribution in [1.29, 1.82) is 0 Å². The maximum Gasteiger partial charge on any atom is 0.416 e. The lowest BCUT2D eigenvalue weighted by Crippen LogP contribution is -2.11. The first-order chi connectivity index (χ1) is 13.5. The van der Waals surface area contributed by atoms with Gasteiger partial charge in [-0.15, -0.1) is 0 Å². The molecule has 2 aromatic carbocycles. The van der Waals surface area contributed by atoms with E-state index in [2.05, 4.69) is 4.74 Å². The summed E-state index contributed by atoms with van der Waals surface area (Å²) in [6.07, 6.45) is -5.11. The van der Waals surface area contributed by atoms with Crippen LogP contribution in [0.25, 0.3) is 0 Å². The number of carbonyl (C=O) groups is 2. The highest BCUT2D eigenvalue weighted by Gasteiger charge is 2.31. The van der Waals surface area contributed by atoms with Crippen molar-refractivity contribution in [3.63, 3.8) is 0 Å². The molecule has 0 radical (unpaired) electrons. The summed E-state index contributed by atoms with van der Waals surface area (Å²) >= 11 is 5.79. The molecule has 0 aliphatic rings. The largest absolute Gasteiger partial charge is 0.481 e. The van der Waals surface area contributed by atoms with E-state index in [0.717, 1.165) is 30.3 Å². The van der Waals surface area contributed by atoms with Crippen LogP contribution in [0.3, 0.4) is 0 Å². The number of benzene rings is 2. The molecule has 0 atom stereocenters. The SMILES string of the molecule is O=C(O)CCOC(=O)c1cc(Oc2ccc(C(F)(F)F)cc2Cl)ccc1[N+](=O)[O-]. The smallest absolute Gasteiger partial charge is 0.416 e. The van der Waals surface area contributed by atoms with Gasteiger partial charge in [-0.05, 0) is 24.3 Å². The maximum atomic E-state index is 12.7. The second-order valence-electron chi connectivity index (χ2n) is 5.46. The zero-order valence-electron chi connectivity index (χ0n) is 14.2. The molecule has 0 fully saturated rings. The summed E-state index contributed by atoms with van der Waals surface area (Å²) in [6.45, 7) is -0.513. The molecule has 0 unspecified atom stereocenters. The molecule has 154 valence electrons. The Balaban J connectivity index is 2.29. The van der Waals surface area contributed by atoms with Gasteiger partial charge in [0.25, 0.3) is 5.69 Å². The molecule has 29 heavy (non-hydrogen) atoms. The molecule has 2 rings (SSSR count). The number of nitrogens with zero attached hydrogens (tertiary/aromatic N) is 1. The summed E-state index contributed by atoms with van der Waals surface area (Å²) < 4.78 is 48.1. The number of aliphatic carboxylic acids is 1. The predicted molar refractivity (Wildman–Crippen MR) is 92.2 cm³/mol. The summed E-state index contributed by atoms with van der Waals surface area (Å²) in [7, 11) is 0. The molecule has 0 bridgehead atoms. The van der Waals surface area contributed by atoms with Crippen molar-refractivity contribution >= 4 is 29.2 Å². The summed E-state index contributed by atoms with van der Waals surface area (Å²) in [5.41, 5.74) is -2.15. The first kappa shape index (κ1) is 22.0. The number of carboxylic acid groups (broad SMARTS) is 1. The molecule has 0 aliphatic carbocycles. The van der Waals surface area contributed by atoms with Gasteiger partial charge in [0, 0.05) is 12.1 Å². The van der Waals surface area contributed by atoms with Gasteiger partial charge in [0.2, 0.25) is 0 Å². The van der Waals surface area contributed by atoms with Crippen molar-refractivity contribution in [3.8, 4) is 11.5 Å². The van der Waals surface area contributed by atoms with E-state index in [1.165, 1.54) is 0 Å². The molecule has 0 amide bonds. The summed E-state index contributed by atoms with van der Waals surface area (Å²) in [6, 6.07) is 5.31. The Bertz CT molecular complexity index is 963. The number of esters is 1. The molecule has 0 saturated heterocycles. The molecule has 12 heteroatoms. The molecule has 0 spiro atoms. The molecule has 1 N–H and O–H groups in total. The molecule has 0 aliphatic heterocycles. The van der Waals surface area contributed by atoms with Gasteiger partial charge < -0.3 is 14.6 Å². The van der Waals surface area contributed by atoms with Gasteiger partial charge in [-0.3, -0.25) is 14.9 Å². The third kappa shape index (κ3) is 5.82. The van der Waals surface area contributed by atoms with Crippen LogP contribution in [0.5, 0.6) is 11.5 Å². The lowest BCUT2D eigenvalue weighted by molar-refractivity contribution is -0.385. The minimum Gasteiger partial charge on any atom is -0.481 e. The van der Waals surface area contributed by atoms with Gasteiger partial charge in [0.15, 0.2) is 0 Å². The lowest BCUT2D eigenvalue weighted by Gasteiger charge is -2.12. The number of hydrogen-bond donors (Lipinski definition) is 1. The van der Waals surface area contributed by atoms with E-state index < -0.39 is 52.9 Å². The second kappa shape index (κ2) is 8.78. The zero-order valence-corrected chi connectivity index (χ0v) is 15.0. The second-order valence-corrected chi connectivity index (χ2v) is 5.87. The molecule has 8 nitrogen and oxygen atoms in total. The standard InChI is InChI=1S/C17H11ClF3NO7/c18-12-7-9(17(19,20)21)1-4-14(12)29-10-2-3-13(22(26)27)11(8-10)16(25)28-6-5-15(23)24/h1-4,7-8H,5-6H2,(H,23,24). The highest BCUT2D eigenvalue weighted by atomic mass is 35.5. The van der Waals surface area contributed by atoms with Crippen LogP contribution in [0.1, 0.15) is 22.3 Å². The van der Waals surface area contributed by atoms with E-state index >= 15 is 0 Å². The summed E-state index contributed by atoms with van der Waals surface area (Å²) in [5, 5.41) is 19.3. The molecule has 0 aromatic heterocycles. The van der Waals surface area contributed by atoms with E-state index in [-0.39, 0.29) is 16.5 Å². The summed E-state index contributed by atoms with van der Waals surface area (Å²) in [5.74, 6) is -2.72. The van der Waals surface area contributed by atoms with Crippen LogP contribution in [0.15, 0.2) is 36.4 Å². The van der Waals surface area contributed by atoms with Crippen LogP contribution in [0.2, 0.25) is 5.02 Å². The average Bonchev–Trinajstić information content (AvgIpc) is 2.61. The Labute approximate surface area is 165 Å². The molecule has 0 saturated carbocycles. The number of nitro benzene ring substituents is 1. The van der Waals surface area contributed by atoms with Crippen LogP contribution in [-0.4, -0.2) is 28.6 Å². The number of rotatable bonds is 7. The Morgan fingerprint density at radius 3 is 2.41 bits per heavy atom. The number of ether oxygens (including phenoxy) is 2. The topological polar surface area (TPSA) is 116 Å². The van der Waals surface area contributed by atoms with Crippen molar-refractivity contribution in [2.24, 2.45) is 0 Å². The van der Waals surface area contributed by atoms with Crippen molar-refractivity contribution in [2.75, 3.05) is 6.61 Å². The number of nitro groups is 1. The van der Waals surface area contributed by atoms with Crippen LogP contribution in [0.4, 0.5) is 18.9 Å². The van der Waals surface area contributed by atoms with Crippen LogP contribution in [-0.2, 0) is 15.7 Å². The number of carboxylic acids is 1. The van der Waals surface area contributed by atoms with Gasteiger partial charge >= 0.3 is 18.1 Å². The highest BCUT2D eigenvalue weighted by molar-refractivity contribution is 6.32. The normalized spacial score (nSPS) is 11.0. The van der Waals surface area contributed by atoms with E-state index in [0.29, 0.717) is 6.07 Å². The Morgan fingerprint density at radius 2 is 1.86 bits per heavy atom. The quantitative estimate of drug-likeness (QED) is 0.382. The first-order valence-electron chi connectivity index (χ1n) is 7.71. The fourth-order valence-electron chi connectivity index (χ4n) is 2.10. The molecule has 2 aromatic rings. The third-order valence-electron chi connectivity index (χ3n) is 3.42. The van der Waals surface area contributed by atoms with E-state index in [9.17, 15) is 32.9 Å². The predicted octanol–water partition coefficient (Wildman–Crippen LogP) is 4.69. The molecular weight excluding hydrogens is 423 g/mol. The number of alkyl halides is 3. The summed E-state index contributed by atoms with van der Waals surface area (Å²) in [4.78, 5) is 32.8. The highest BCUT2D eigenvalue weighted by Crippen LogP contribution is 2.37. The maximum absolute atomic E-state index is 12.7. The van der Waals surface area contributed by atoms with Crippen molar-refractivity contribution in [1.82, 2.24) is 0 Å². The third-order valence-corrected chi connectivity index (χ3v) is 3.72. The van der Waals surface area contributed by atoms with Gasteiger partial charge in [0.05, 0.1) is 21.9 Å². The minimum absolute atomic E-state index is 0.137. The minimum atomic E-state index is -4.61. The van der Waals surface area contributed by atoms with Gasteiger partial charge in [-0.2, -0.15) is 13.2 Å². The number of carbonyl (C=O) groups excluding carboxylic acids is 1. The van der Waals surface area contributed by atoms with E-state index in [1.807, 2.05) is 0 Å². The van der Waals surface area contributed by atoms with Gasteiger partial charge in [0.1, 0.15) is 23.7 Å². The fraction of sp³-hybridized carbons (Fsp3) is 0.176. The van der Waals surface area contributed by atoms with Crippen LogP contribution in [0, 0.1) is 10.1 Å². The van der Waals surface area contributed by atoms with Gasteiger partial charge in [-0.25, -0.2) is 4.79 Å². The van der Waals surface area contributed by atoms with Crippen molar-refractivity contribution in [2.45, 2.75) is 12.6 Å². The lowest BCUT2D eigenvalue weighted by atomic mass is 10.1. The molecular formula is C17H11ClF3NO7. The Kier molecular flexibility index (Phi) is 6.64. The average molecular weight is 434 g/mol. The number of halogens is 4. The van der Waals surface area contributed by atoms with E-state index in [4.69, 9.17) is 21.4 Å². The Morgan fingerprint density at radius 1 is 1.17 bits per heavy atom. The van der Waals surface area contributed by atoms with Crippen molar-refractivity contribution < 1.29 is 42.3 Å². The zero-order chi connectivity index (χ0) is 21.8.